The molecule has 4 rings (SSSR count). The number of hydrogen-bond acceptors (Lipinski definition) is 4. The van der Waals surface area contributed by atoms with Crippen molar-refractivity contribution in [2.75, 3.05) is 5.32 Å². The number of imidazole rings is 1. The summed E-state index contributed by atoms with van der Waals surface area (Å²) in [6.45, 7) is 3.88. The van der Waals surface area contributed by atoms with Crippen LogP contribution in [0.5, 0.6) is 0 Å². The highest BCUT2D eigenvalue weighted by Gasteiger charge is 2.17. The average Bonchev–Trinajstić information content (AvgIpc) is 3.05. The number of carbonyl (C=O) groups excluding carboxylic acids is 1. The molecule has 0 bridgehead atoms. The van der Waals surface area contributed by atoms with Crippen LogP contribution in [0.4, 0.5) is 5.13 Å². The fraction of sp³-hybridized carbons (Fsp3) is 0.118. The zero-order chi connectivity index (χ0) is 16.0. The van der Waals surface area contributed by atoms with Gasteiger partial charge in [0.25, 0.3) is 5.91 Å². The number of pyridine rings is 1. The van der Waals surface area contributed by atoms with E-state index >= 15 is 0 Å². The topological polar surface area (TPSA) is 59.3 Å². The number of amides is 1. The predicted octanol–water partition coefficient (Wildman–Crippen LogP) is 3.81. The molecule has 1 amide bonds. The Morgan fingerprint density at radius 3 is 2.91 bits per heavy atom. The lowest BCUT2D eigenvalue weighted by Crippen LogP contribution is -2.15. The summed E-state index contributed by atoms with van der Waals surface area (Å²) >= 11 is 1.48. The largest absolute Gasteiger partial charge is 0.296 e. The van der Waals surface area contributed by atoms with E-state index in [4.69, 9.17) is 0 Å². The Morgan fingerprint density at radius 2 is 2.04 bits per heavy atom. The lowest BCUT2D eigenvalue weighted by molar-refractivity contribution is 0.102. The first kappa shape index (κ1) is 13.9. The van der Waals surface area contributed by atoms with E-state index in [1.807, 2.05) is 50.4 Å². The third-order valence-corrected chi connectivity index (χ3v) is 4.62. The van der Waals surface area contributed by atoms with Crippen LogP contribution in [-0.2, 0) is 0 Å². The summed E-state index contributed by atoms with van der Waals surface area (Å²) in [6, 6.07) is 11.7. The molecule has 0 saturated carbocycles. The number of aromatic nitrogens is 3. The molecule has 0 fully saturated rings. The summed E-state index contributed by atoms with van der Waals surface area (Å²) < 4.78 is 2.86. The molecule has 0 atom stereocenters. The molecule has 4 aromatic rings. The van der Waals surface area contributed by atoms with E-state index in [0.29, 0.717) is 16.5 Å². The number of anilines is 1. The maximum absolute atomic E-state index is 12.6. The van der Waals surface area contributed by atoms with Crippen LogP contribution in [0.1, 0.15) is 21.7 Å². The van der Waals surface area contributed by atoms with Gasteiger partial charge in [-0.2, -0.15) is 0 Å². The second-order valence-electron chi connectivity index (χ2n) is 5.42. The number of rotatable bonds is 2. The molecule has 0 radical (unpaired) electrons. The van der Waals surface area contributed by atoms with Gasteiger partial charge in [-0.05, 0) is 43.7 Å². The molecule has 0 aliphatic rings. The van der Waals surface area contributed by atoms with Crippen molar-refractivity contribution >= 4 is 38.2 Å². The smallest absolute Gasteiger partial charge is 0.276 e. The van der Waals surface area contributed by atoms with Crippen molar-refractivity contribution in [2.45, 2.75) is 13.8 Å². The second-order valence-corrected chi connectivity index (χ2v) is 6.45. The molecule has 3 aromatic heterocycles. The van der Waals surface area contributed by atoms with Crippen LogP contribution in [0.3, 0.4) is 0 Å². The zero-order valence-electron chi connectivity index (χ0n) is 12.7. The molecule has 6 heteroatoms. The first-order chi connectivity index (χ1) is 11.1. The van der Waals surface area contributed by atoms with E-state index in [-0.39, 0.29) is 5.91 Å². The van der Waals surface area contributed by atoms with Crippen LogP contribution in [0.2, 0.25) is 0 Å². The third kappa shape index (κ3) is 2.37. The molecule has 0 aliphatic carbocycles. The van der Waals surface area contributed by atoms with Crippen molar-refractivity contribution in [1.29, 1.82) is 0 Å². The molecule has 0 unspecified atom stereocenters. The molecular weight excluding hydrogens is 308 g/mol. The van der Waals surface area contributed by atoms with Gasteiger partial charge in [0, 0.05) is 6.20 Å². The van der Waals surface area contributed by atoms with Gasteiger partial charge in [-0.3, -0.25) is 14.5 Å². The molecule has 5 nitrogen and oxygen atoms in total. The van der Waals surface area contributed by atoms with Gasteiger partial charge < -0.3 is 0 Å². The normalized spacial score (nSPS) is 11.2. The Balaban J connectivity index is 1.72. The van der Waals surface area contributed by atoms with E-state index < -0.39 is 0 Å². The molecule has 0 saturated heterocycles. The summed E-state index contributed by atoms with van der Waals surface area (Å²) in [4.78, 5) is 21.5. The number of thiazole rings is 1. The van der Waals surface area contributed by atoms with E-state index in [9.17, 15) is 4.79 Å². The van der Waals surface area contributed by atoms with Gasteiger partial charge in [0.15, 0.2) is 5.13 Å². The van der Waals surface area contributed by atoms with Crippen LogP contribution in [-0.4, -0.2) is 20.3 Å². The first-order valence-electron chi connectivity index (χ1n) is 7.24. The Bertz CT molecular complexity index is 1050. The van der Waals surface area contributed by atoms with Crippen molar-refractivity contribution in [3.63, 3.8) is 0 Å². The number of nitrogens with one attached hydrogen (secondary N) is 1. The van der Waals surface area contributed by atoms with Gasteiger partial charge in [0.05, 0.1) is 15.9 Å². The predicted molar refractivity (Wildman–Crippen MR) is 92.2 cm³/mol. The third-order valence-electron chi connectivity index (χ3n) is 3.68. The monoisotopic (exact) mass is 322 g/mol. The van der Waals surface area contributed by atoms with Crippen molar-refractivity contribution in [1.82, 2.24) is 14.4 Å². The molecule has 1 N–H and O–H groups in total. The van der Waals surface area contributed by atoms with E-state index in [2.05, 4.69) is 21.4 Å². The average molecular weight is 322 g/mol. The van der Waals surface area contributed by atoms with E-state index in [1.165, 1.54) is 16.9 Å². The van der Waals surface area contributed by atoms with E-state index in [1.54, 1.807) is 4.40 Å². The van der Waals surface area contributed by atoms with Crippen LogP contribution in [0.15, 0.2) is 42.6 Å². The highest BCUT2D eigenvalue weighted by Crippen LogP contribution is 2.27. The quantitative estimate of drug-likeness (QED) is 0.610. The summed E-state index contributed by atoms with van der Waals surface area (Å²) in [5.74, 6) is -0.197. The minimum absolute atomic E-state index is 0.197. The second kappa shape index (κ2) is 5.17. The van der Waals surface area contributed by atoms with Crippen molar-refractivity contribution in [2.24, 2.45) is 0 Å². The molecule has 114 valence electrons. The Kier molecular flexibility index (Phi) is 3.12. The van der Waals surface area contributed by atoms with Crippen molar-refractivity contribution in [3.8, 4) is 0 Å². The minimum Gasteiger partial charge on any atom is -0.296 e. The molecule has 3 heterocycles. The minimum atomic E-state index is -0.197. The van der Waals surface area contributed by atoms with Gasteiger partial charge in [0.1, 0.15) is 11.3 Å². The fourth-order valence-corrected chi connectivity index (χ4v) is 3.59. The summed E-state index contributed by atoms with van der Waals surface area (Å²) in [5.41, 5.74) is 4.07. The first-order valence-corrected chi connectivity index (χ1v) is 8.06. The van der Waals surface area contributed by atoms with Crippen molar-refractivity contribution < 1.29 is 4.79 Å². The molecule has 23 heavy (non-hydrogen) atoms. The maximum atomic E-state index is 12.6. The number of benzene rings is 1. The van der Waals surface area contributed by atoms with Gasteiger partial charge in [-0.15, -0.1) is 0 Å². The van der Waals surface area contributed by atoms with Crippen LogP contribution >= 0.6 is 11.3 Å². The maximum Gasteiger partial charge on any atom is 0.276 e. The van der Waals surface area contributed by atoms with Crippen molar-refractivity contribution in [3.05, 3.63) is 59.5 Å². The highest BCUT2D eigenvalue weighted by molar-refractivity contribution is 7.22. The Hall–Kier alpha value is -2.73. The highest BCUT2D eigenvalue weighted by atomic mass is 32.1. The summed E-state index contributed by atoms with van der Waals surface area (Å²) in [7, 11) is 0. The van der Waals surface area contributed by atoms with Crippen LogP contribution < -0.4 is 5.32 Å². The fourth-order valence-electron chi connectivity index (χ4n) is 2.63. The van der Waals surface area contributed by atoms with Crippen LogP contribution in [0, 0.1) is 13.8 Å². The molecular formula is C17H14N4OS. The summed E-state index contributed by atoms with van der Waals surface area (Å²) in [6.07, 6.45) is 1.84. The Morgan fingerprint density at radius 1 is 1.17 bits per heavy atom. The number of hydrogen-bond donors (Lipinski definition) is 1. The van der Waals surface area contributed by atoms with Gasteiger partial charge >= 0.3 is 0 Å². The Labute approximate surface area is 136 Å². The number of fused-ring (bicyclic) bond motifs is 2. The number of carbonyl (C=O) groups is 1. The zero-order valence-corrected chi connectivity index (χ0v) is 13.5. The lowest BCUT2D eigenvalue weighted by Gasteiger charge is -2.02. The lowest BCUT2D eigenvalue weighted by atomic mass is 10.2. The molecule has 0 spiro atoms. The number of nitrogens with zero attached hydrogens (tertiary/aromatic N) is 3. The molecule has 0 aliphatic heterocycles. The van der Waals surface area contributed by atoms with E-state index in [0.717, 1.165) is 15.9 Å². The van der Waals surface area contributed by atoms with Gasteiger partial charge in [0.2, 0.25) is 0 Å². The van der Waals surface area contributed by atoms with Crippen LogP contribution in [0.25, 0.3) is 15.9 Å². The van der Waals surface area contributed by atoms with Gasteiger partial charge in [-0.25, -0.2) is 9.97 Å². The van der Waals surface area contributed by atoms with Gasteiger partial charge in [-0.1, -0.05) is 23.5 Å². The standard InChI is InChI=1S/C17H14N4OS/c1-10-6-7-12-13(9-10)23-17(19-12)20-16(22)15-11(2)18-14-5-3-4-8-21(14)15/h3-9H,1-2H3,(H,19,20,22). The summed E-state index contributed by atoms with van der Waals surface area (Å²) in [5, 5.41) is 3.49. The number of aryl methyl sites for hydroxylation is 2. The SMILES string of the molecule is Cc1ccc2nc(NC(=O)c3c(C)nc4ccccn34)sc2c1. The molecule has 1 aromatic carbocycles.